The molecule has 1 saturated carbocycles. The molecule has 1 nitrogen and oxygen atoms in total. The van der Waals surface area contributed by atoms with Gasteiger partial charge < -0.3 is 4.74 Å². The van der Waals surface area contributed by atoms with Crippen LogP contribution in [0.15, 0.2) is 0 Å². The molecule has 2 atom stereocenters. The third-order valence-electron chi connectivity index (χ3n) is 1.91. The fourth-order valence-electron chi connectivity index (χ4n) is 1.31. The molecule has 0 radical (unpaired) electrons. The molecular formula is C6H10O. The van der Waals surface area contributed by atoms with Crippen molar-refractivity contribution in [3.8, 4) is 0 Å². The minimum Gasteiger partial charge on any atom is -0.378 e. The van der Waals surface area contributed by atoms with Gasteiger partial charge in [0.25, 0.3) is 0 Å². The number of rotatable bonds is 0. The lowest BCUT2D eigenvalue weighted by molar-refractivity contribution is 0.0798. The third-order valence-corrected chi connectivity index (χ3v) is 1.91. The molecule has 1 heteroatoms. The van der Waals surface area contributed by atoms with Gasteiger partial charge in [-0.2, -0.15) is 0 Å². The van der Waals surface area contributed by atoms with Gasteiger partial charge in [0.15, 0.2) is 0 Å². The molecule has 1 aliphatic carbocycles. The standard InChI is InChI=1S/C6H10O/c1-2-5-4-6(5)7-3-1/h5-6H,1-4H2/t5-,6-/m1/s1. The van der Waals surface area contributed by atoms with Crippen molar-refractivity contribution in [3.63, 3.8) is 0 Å². The number of ether oxygens (including phenoxy) is 1. The minimum atomic E-state index is 0.703. The predicted molar refractivity (Wildman–Crippen MR) is 27.1 cm³/mol. The summed E-state index contributed by atoms with van der Waals surface area (Å²) in [5, 5.41) is 0. The van der Waals surface area contributed by atoms with E-state index >= 15 is 0 Å². The van der Waals surface area contributed by atoms with Crippen LogP contribution in [0, 0.1) is 5.92 Å². The molecule has 0 amide bonds. The van der Waals surface area contributed by atoms with Crippen LogP contribution in [0.3, 0.4) is 0 Å². The van der Waals surface area contributed by atoms with Crippen molar-refractivity contribution in [1.82, 2.24) is 0 Å². The highest BCUT2D eigenvalue weighted by molar-refractivity contribution is 4.89. The maximum atomic E-state index is 5.35. The van der Waals surface area contributed by atoms with Crippen molar-refractivity contribution >= 4 is 0 Å². The van der Waals surface area contributed by atoms with Crippen LogP contribution in [0.5, 0.6) is 0 Å². The van der Waals surface area contributed by atoms with Gasteiger partial charge in [0.05, 0.1) is 6.10 Å². The van der Waals surface area contributed by atoms with Crippen molar-refractivity contribution in [3.05, 3.63) is 0 Å². The van der Waals surface area contributed by atoms with Gasteiger partial charge in [-0.3, -0.25) is 0 Å². The van der Waals surface area contributed by atoms with Crippen molar-refractivity contribution in [2.45, 2.75) is 25.4 Å². The van der Waals surface area contributed by atoms with Gasteiger partial charge in [0.2, 0.25) is 0 Å². The first-order chi connectivity index (χ1) is 3.47. The Hall–Kier alpha value is -0.0400. The lowest BCUT2D eigenvalue weighted by atomic mass is 10.2. The van der Waals surface area contributed by atoms with Crippen molar-refractivity contribution in [1.29, 1.82) is 0 Å². The molecule has 0 bridgehead atoms. The van der Waals surface area contributed by atoms with E-state index < -0.39 is 0 Å². The van der Waals surface area contributed by atoms with Crippen LogP contribution in [0.1, 0.15) is 19.3 Å². The first-order valence-electron chi connectivity index (χ1n) is 3.08. The normalized spacial score (nSPS) is 48.0. The highest BCUT2D eigenvalue weighted by Crippen LogP contribution is 2.40. The van der Waals surface area contributed by atoms with E-state index in [0.29, 0.717) is 6.10 Å². The maximum Gasteiger partial charge on any atom is 0.0607 e. The first kappa shape index (κ1) is 3.90. The van der Waals surface area contributed by atoms with Crippen LogP contribution in [0.2, 0.25) is 0 Å². The topological polar surface area (TPSA) is 9.23 Å². The average Bonchev–Trinajstić information content (AvgIpc) is 2.41. The highest BCUT2D eigenvalue weighted by Gasteiger charge is 2.39. The van der Waals surface area contributed by atoms with E-state index in [9.17, 15) is 0 Å². The Morgan fingerprint density at radius 1 is 1.43 bits per heavy atom. The second-order valence-electron chi connectivity index (χ2n) is 2.55. The number of hydrogen-bond donors (Lipinski definition) is 0. The molecule has 2 rings (SSSR count). The van der Waals surface area contributed by atoms with E-state index in [0.717, 1.165) is 12.5 Å². The Morgan fingerprint density at radius 3 is 3.00 bits per heavy atom. The fraction of sp³-hybridized carbons (Fsp3) is 1.00. The van der Waals surface area contributed by atoms with Gasteiger partial charge >= 0.3 is 0 Å². The monoisotopic (exact) mass is 98.1 g/mol. The molecule has 1 heterocycles. The van der Waals surface area contributed by atoms with Crippen LogP contribution in [0.25, 0.3) is 0 Å². The molecular weight excluding hydrogens is 88.1 g/mol. The first-order valence-corrected chi connectivity index (χ1v) is 3.08. The second kappa shape index (κ2) is 1.22. The van der Waals surface area contributed by atoms with Gasteiger partial charge in [0, 0.05) is 6.61 Å². The highest BCUT2D eigenvalue weighted by atomic mass is 16.5. The van der Waals surface area contributed by atoms with E-state index in [1.54, 1.807) is 0 Å². The molecule has 40 valence electrons. The Balaban J connectivity index is 1.95. The van der Waals surface area contributed by atoms with E-state index in [2.05, 4.69) is 0 Å². The number of hydrogen-bond acceptors (Lipinski definition) is 1. The average molecular weight is 98.1 g/mol. The molecule has 0 aromatic heterocycles. The molecule has 0 N–H and O–H groups in total. The molecule has 0 aromatic carbocycles. The quantitative estimate of drug-likeness (QED) is 0.442. The lowest BCUT2D eigenvalue weighted by Crippen LogP contribution is -2.05. The third kappa shape index (κ3) is 0.556. The molecule has 2 fully saturated rings. The summed E-state index contributed by atoms with van der Waals surface area (Å²) < 4.78 is 5.35. The summed E-state index contributed by atoms with van der Waals surface area (Å²) in [5.41, 5.74) is 0. The Labute approximate surface area is 43.7 Å². The van der Waals surface area contributed by atoms with Crippen LogP contribution < -0.4 is 0 Å². The summed E-state index contributed by atoms with van der Waals surface area (Å²) in [6.45, 7) is 1.03. The zero-order chi connectivity index (χ0) is 4.69. The predicted octanol–water partition coefficient (Wildman–Crippen LogP) is 1.19. The van der Waals surface area contributed by atoms with Gasteiger partial charge in [-0.25, -0.2) is 0 Å². The van der Waals surface area contributed by atoms with Crippen molar-refractivity contribution in [2.24, 2.45) is 5.92 Å². The molecule has 1 aliphatic heterocycles. The Morgan fingerprint density at radius 2 is 2.43 bits per heavy atom. The molecule has 0 aromatic rings. The molecule has 1 saturated heterocycles. The van der Waals surface area contributed by atoms with Crippen molar-refractivity contribution in [2.75, 3.05) is 6.61 Å². The zero-order valence-electron chi connectivity index (χ0n) is 4.39. The smallest absolute Gasteiger partial charge is 0.0607 e. The summed E-state index contributed by atoms with van der Waals surface area (Å²) in [4.78, 5) is 0. The van der Waals surface area contributed by atoms with Gasteiger partial charge in [-0.15, -0.1) is 0 Å². The van der Waals surface area contributed by atoms with E-state index in [-0.39, 0.29) is 0 Å². The fourth-order valence-corrected chi connectivity index (χ4v) is 1.31. The van der Waals surface area contributed by atoms with E-state index in [4.69, 9.17) is 4.74 Å². The molecule has 2 aliphatic rings. The lowest BCUT2D eigenvalue weighted by Gasteiger charge is -2.07. The van der Waals surface area contributed by atoms with Gasteiger partial charge in [-0.1, -0.05) is 0 Å². The Kier molecular flexibility index (Phi) is 0.680. The van der Waals surface area contributed by atoms with Gasteiger partial charge in [0.1, 0.15) is 0 Å². The Bertz CT molecular complexity index is 70.2. The van der Waals surface area contributed by atoms with Crippen molar-refractivity contribution < 1.29 is 4.74 Å². The van der Waals surface area contributed by atoms with Crippen LogP contribution in [-0.2, 0) is 4.74 Å². The molecule has 0 spiro atoms. The maximum absolute atomic E-state index is 5.35. The molecule has 7 heavy (non-hydrogen) atoms. The SMILES string of the molecule is C1CO[C@@H]2C[C@H]2C1. The number of fused-ring (bicyclic) bond motifs is 1. The largest absolute Gasteiger partial charge is 0.378 e. The van der Waals surface area contributed by atoms with Crippen LogP contribution >= 0.6 is 0 Å². The minimum absolute atomic E-state index is 0.703. The van der Waals surface area contributed by atoms with E-state index in [1.165, 1.54) is 19.3 Å². The second-order valence-corrected chi connectivity index (χ2v) is 2.55. The summed E-state index contributed by atoms with van der Waals surface area (Å²) in [6.07, 6.45) is 4.81. The summed E-state index contributed by atoms with van der Waals surface area (Å²) in [5.74, 6) is 0.980. The van der Waals surface area contributed by atoms with Crippen LogP contribution in [-0.4, -0.2) is 12.7 Å². The van der Waals surface area contributed by atoms with E-state index in [1.807, 2.05) is 0 Å². The molecule has 0 unspecified atom stereocenters. The summed E-state index contributed by atoms with van der Waals surface area (Å²) in [6, 6.07) is 0. The summed E-state index contributed by atoms with van der Waals surface area (Å²) >= 11 is 0. The van der Waals surface area contributed by atoms with Gasteiger partial charge in [-0.05, 0) is 25.2 Å². The summed E-state index contributed by atoms with van der Waals surface area (Å²) in [7, 11) is 0. The zero-order valence-corrected chi connectivity index (χ0v) is 4.39. The van der Waals surface area contributed by atoms with Crippen LogP contribution in [0.4, 0.5) is 0 Å².